The lowest BCUT2D eigenvalue weighted by atomic mass is 10.1. The van der Waals surface area contributed by atoms with Gasteiger partial charge in [0.25, 0.3) is 0 Å². The predicted octanol–water partition coefficient (Wildman–Crippen LogP) is 5.14. The number of carbonyl (C=O) groups is 1. The topological polar surface area (TPSA) is 57.1 Å². The monoisotopic (exact) mass is 397 g/mol. The molecule has 6 heteroatoms. The summed E-state index contributed by atoms with van der Waals surface area (Å²) in [6, 6.07) is 11.4. The molecule has 0 aromatic heterocycles. The van der Waals surface area contributed by atoms with E-state index in [-0.39, 0.29) is 17.2 Å². The van der Waals surface area contributed by atoms with Crippen LogP contribution in [0.1, 0.15) is 43.7 Å². The molecule has 29 heavy (non-hydrogen) atoms. The number of carbonyl (C=O) groups excluding carboxylic acids is 1. The van der Waals surface area contributed by atoms with E-state index in [2.05, 4.69) is 11.9 Å². The molecule has 0 N–H and O–H groups in total. The third-order valence-electron chi connectivity index (χ3n) is 4.47. The number of nitrogens with zero attached hydrogens (tertiary/aromatic N) is 1. The fraction of sp³-hybridized carbons (Fsp3) is 0.304. The average Bonchev–Trinajstić information content (AvgIpc) is 3.09. The molecule has 152 valence electrons. The van der Waals surface area contributed by atoms with Crippen molar-refractivity contribution in [2.45, 2.75) is 32.6 Å². The Labute approximate surface area is 169 Å². The number of halogens is 1. The fourth-order valence-electron chi connectivity index (χ4n) is 2.92. The highest BCUT2D eigenvalue weighted by atomic mass is 19.1. The second-order valence-electron chi connectivity index (χ2n) is 6.64. The minimum absolute atomic E-state index is 0.0432. The van der Waals surface area contributed by atoms with Gasteiger partial charge in [0.2, 0.25) is 5.90 Å². The summed E-state index contributed by atoms with van der Waals surface area (Å²) in [6.45, 7) is 2.79. The Kier molecular flexibility index (Phi) is 7.00. The van der Waals surface area contributed by atoms with Crippen LogP contribution in [0.25, 0.3) is 6.08 Å². The van der Waals surface area contributed by atoms with Crippen LogP contribution in [-0.4, -0.2) is 25.6 Å². The highest BCUT2D eigenvalue weighted by Crippen LogP contribution is 2.30. The van der Waals surface area contributed by atoms with Crippen LogP contribution in [0.15, 0.2) is 53.2 Å². The number of methoxy groups -OCH3 is 1. The highest BCUT2D eigenvalue weighted by Gasteiger charge is 2.26. The summed E-state index contributed by atoms with van der Waals surface area (Å²) in [5.74, 6) is 0.0504. The Morgan fingerprint density at radius 3 is 2.69 bits per heavy atom. The molecule has 0 saturated carbocycles. The summed E-state index contributed by atoms with van der Waals surface area (Å²) in [7, 11) is 1.56. The third-order valence-corrected chi connectivity index (χ3v) is 4.47. The second-order valence-corrected chi connectivity index (χ2v) is 6.64. The minimum atomic E-state index is -0.626. The smallest absolute Gasteiger partial charge is 0.363 e. The van der Waals surface area contributed by atoms with Crippen LogP contribution < -0.4 is 9.47 Å². The first kappa shape index (κ1) is 20.6. The summed E-state index contributed by atoms with van der Waals surface area (Å²) in [5.41, 5.74) is 0.942. The van der Waals surface area contributed by atoms with Gasteiger partial charge < -0.3 is 14.2 Å². The van der Waals surface area contributed by atoms with Crippen molar-refractivity contribution in [3.05, 3.63) is 65.1 Å². The van der Waals surface area contributed by atoms with Gasteiger partial charge in [-0.1, -0.05) is 44.4 Å². The number of hydrogen-bond donors (Lipinski definition) is 0. The number of rotatable bonds is 9. The minimum Gasteiger partial charge on any atom is -0.493 e. The quantitative estimate of drug-likeness (QED) is 0.334. The van der Waals surface area contributed by atoms with Gasteiger partial charge in [-0.25, -0.2) is 14.2 Å². The van der Waals surface area contributed by atoms with E-state index >= 15 is 0 Å². The first-order valence-electron chi connectivity index (χ1n) is 9.70. The van der Waals surface area contributed by atoms with Crippen molar-refractivity contribution in [3.8, 4) is 11.5 Å². The molecule has 0 atom stereocenters. The van der Waals surface area contributed by atoms with Gasteiger partial charge in [0.15, 0.2) is 17.2 Å². The Hall–Kier alpha value is -3.15. The lowest BCUT2D eigenvalue weighted by molar-refractivity contribution is -0.129. The molecule has 0 saturated heterocycles. The molecule has 0 unspecified atom stereocenters. The van der Waals surface area contributed by atoms with E-state index in [1.54, 1.807) is 43.5 Å². The van der Waals surface area contributed by atoms with E-state index in [4.69, 9.17) is 14.2 Å². The molecule has 0 amide bonds. The second kappa shape index (κ2) is 9.87. The molecular formula is C23H24FNO4. The fourth-order valence-corrected chi connectivity index (χ4v) is 2.92. The van der Waals surface area contributed by atoms with Gasteiger partial charge in [-0.2, -0.15) is 0 Å². The molecular weight excluding hydrogens is 373 g/mol. The SMILES string of the molecule is CCCCCCOc1ccc(C=C2N=C(c3ccccc3F)OC2=O)cc1OC. The maximum Gasteiger partial charge on any atom is 0.363 e. The molecule has 1 aliphatic heterocycles. The zero-order valence-corrected chi connectivity index (χ0v) is 16.6. The van der Waals surface area contributed by atoms with Crippen LogP contribution in [-0.2, 0) is 9.53 Å². The molecule has 5 nitrogen and oxygen atoms in total. The lowest BCUT2D eigenvalue weighted by Crippen LogP contribution is -2.07. The van der Waals surface area contributed by atoms with E-state index in [0.29, 0.717) is 23.7 Å². The Balaban J connectivity index is 1.75. The van der Waals surface area contributed by atoms with Gasteiger partial charge in [0.1, 0.15) is 5.82 Å². The van der Waals surface area contributed by atoms with Crippen LogP contribution in [0.2, 0.25) is 0 Å². The predicted molar refractivity (Wildman–Crippen MR) is 110 cm³/mol. The number of unbranched alkanes of at least 4 members (excludes halogenated alkanes) is 3. The molecule has 0 fully saturated rings. The van der Waals surface area contributed by atoms with Crippen molar-refractivity contribution in [1.29, 1.82) is 0 Å². The van der Waals surface area contributed by atoms with Crippen LogP contribution in [0, 0.1) is 5.82 Å². The van der Waals surface area contributed by atoms with E-state index in [9.17, 15) is 9.18 Å². The van der Waals surface area contributed by atoms with E-state index in [0.717, 1.165) is 12.8 Å². The Morgan fingerprint density at radius 1 is 1.10 bits per heavy atom. The summed E-state index contributed by atoms with van der Waals surface area (Å²) in [5, 5.41) is 0. The number of ether oxygens (including phenoxy) is 3. The molecule has 2 aromatic rings. The molecule has 1 aliphatic rings. The molecule has 0 spiro atoms. The van der Waals surface area contributed by atoms with Crippen molar-refractivity contribution in [2.24, 2.45) is 4.99 Å². The number of hydrogen-bond acceptors (Lipinski definition) is 5. The van der Waals surface area contributed by atoms with Crippen LogP contribution in [0.3, 0.4) is 0 Å². The summed E-state index contributed by atoms with van der Waals surface area (Å²) >= 11 is 0. The summed E-state index contributed by atoms with van der Waals surface area (Å²) in [6.07, 6.45) is 6.06. The summed E-state index contributed by atoms with van der Waals surface area (Å²) < 4.78 is 30.2. The van der Waals surface area contributed by atoms with E-state index in [1.807, 2.05) is 0 Å². The maximum absolute atomic E-state index is 13.9. The van der Waals surface area contributed by atoms with Crippen molar-refractivity contribution < 1.29 is 23.4 Å². The average molecular weight is 397 g/mol. The number of cyclic esters (lactones) is 1. The molecule has 0 bridgehead atoms. The van der Waals surface area contributed by atoms with Gasteiger partial charge in [-0.05, 0) is 42.3 Å². The van der Waals surface area contributed by atoms with Crippen LogP contribution in [0.4, 0.5) is 4.39 Å². The third kappa shape index (κ3) is 5.22. The largest absolute Gasteiger partial charge is 0.493 e. The number of esters is 1. The van der Waals surface area contributed by atoms with Crippen LogP contribution in [0.5, 0.6) is 11.5 Å². The van der Waals surface area contributed by atoms with E-state index in [1.165, 1.54) is 25.0 Å². The van der Waals surface area contributed by atoms with Crippen LogP contribution >= 0.6 is 0 Å². The van der Waals surface area contributed by atoms with Crippen molar-refractivity contribution in [2.75, 3.05) is 13.7 Å². The van der Waals surface area contributed by atoms with E-state index < -0.39 is 11.8 Å². The first-order valence-corrected chi connectivity index (χ1v) is 9.70. The number of benzene rings is 2. The summed E-state index contributed by atoms with van der Waals surface area (Å²) in [4.78, 5) is 16.3. The first-order chi connectivity index (χ1) is 14.1. The van der Waals surface area contributed by atoms with Gasteiger partial charge >= 0.3 is 5.97 Å². The van der Waals surface area contributed by atoms with Crippen molar-refractivity contribution in [1.82, 2.24) is 0 Å². The Bertz CT molecular complexity index is 936. The zero-order chi connectivity index (χ0) is 20.6. The van der Waals surface area contributed by atoms with Gasteiger partial charge in [-0.3, -0.25) is 0 Å². The molecule has 2 aromatic carbocycles. The van der Waals surface area contributed by atoms with Gasteiger partial charge in [0.05, 0.1) is 19.3 Å². The zero-order valence-electron chi connectivity index (χ0n) is 16.6. The molecule has 3 rings (SSSR count). The van der Waals surface area contributed by atoms with Crippen molar-refractivity contribution in [3.63, 3.8) is 0 Å². The lowest BCUT2D eigenvalue weighted by Gasteiger charge is -2.11. The molecule has 0 aliphatic carbocycles. The van der Waals surface area contributed by atoms with Crippen molar-refractivity contribution >= 4 is 17.9 Å². The molecule has 1 heterocycles. The Morgan fingerprint density at radius 2 is 1.93 bits per heavy atom. The normalized spacial score (nSPS) is 14.7. The highest BCUT2D eigenvalue weighted by molar-refractivity contribution is 6.12. The van der Waals surface area contributed by atoms with Gasteiger partial charge in [-0.15, -0.1) is 0 Å². The van der Waals surface area contributed by atoms with Gasteiger partial charge in [0, 0.05) is 0 Å². The number of aliphatic imine (C=N–C) groups is 1. The standard InChI is InChI=1S/C23H24FNO4/c1-3-4-5-8-13-28-20-12-11-16(15-21(20)27-2)14-19-23(26)29-22(25-19)17-9-6-7-10-18(17)24/h6-7,9-12,14-15H,3-5,8,13H2,1-2H3. The molecule has 0 radical (unpaired) electrons. The maximum atomic E-state index is 13.9.